The van der Waals surface area contributed by atoms with Crippen LogP contribution in [0.2, 0.25) is 0 Å². The average molecular weight is 932 g/mol. The molecule has 0 rings (SSSR count). The first-order valence-corrected chi connectivity index (χ1v) is 28.1. The summed E-state index contributed by atoms with van der Waals surface area (Å²) in [6.07, 6.45) is 63.6. The Labute approximate surface area is 402 Å². The Kier molecular flexibility index (Phi) is 46.9. The third kappa shape index (κ3) is 52.8. The Balaban J connectivity index is 4.13. The van der Waals surface area contributed by atoms with Crippen LogP contribution in [0.5, 0.6) is 0 Å². The molecule has 0 radical (unpaired) electrons. The summed E-state index contributed by atoms with van der Waals surface area (Å²) in [5.41, 5.74) is 0. The molecule has 2 atom stereocenters. The number of hydrogen-bond donors (Lipinski definition) is 0. The first-order chi connectivity index (χ1) is 31.6. The number of quaternary nitrogens is 1. The van der Waals surface area contributed by atoms with Crippen molar-refractivity contribution in [1.29, 1.82) is 0 Å². The van der Waals surface area contributed by atoms with Crippen LogP contribution in [-0.2, 0) is 27.9 Å². The van der Waals surface area contributed by atoms with E-state index >= 15 is 0 Å². The molecule has 8 nitrogen and oxygen atoms in total. The molecule has 0 saturated heterocycles. The highest BCUT2D eigenvalue weighted by atomic mass is 31.2. The molecule has 0 amide bonds. The van der Waals surface area contributed by atoms with Gasteiger partial charge in [0.1, 0.15) is 19.3 Å². The summed E-state index contributed by atoms with van der Waals surface area (Å²) in [6.45, 7) is 5.25. The number of unbranched alkanes of at least 4 members (excludes halogenated alkanes) is 23. The predicted octanol–water partition coefficient (Wildman–Crippen LogP) is 16.0. The molecule has 0 heterocycles. The fourth-order valence-corrected chi connectivity index (χ4v) is 7.89. The number of phosphoric acid groups is 1. The lowest BCUT2D eigenvalue weighted by Crippen LogP contribution is -2.37. The van der Waals surface area contributed by atoms with Gasteiger partial charge < -0.3 is 27.9 Å². The second-order valence-electron chi connectivity index (χ2n) is 18.9. The van der Waals surface area contributed by atoms with Gasteiger partial charge in [-0.2, -0.15) is 0 Å². The third-order valence-corrected chi connectivity index (χ3v) is 12.2. The minimum absolute atomic E-state index is 0.0191. The lowest BCUT2D eigenvalue weighted by atomic mass is 10.0. The van der Waals surface area contributed by atoms with Crippen molar-refractivity contribution < 1.29 is 37.3 Å². The molecule has 0 fully saturated rings. The second-order valence-corrected chi connectivity index (χ2v) is 20.3. The number of nitrogens with zero attached hydrogens (tertiary/aromatic N) is 1. The van der Waals surface area contributed by atoms with Crippen LogP contribution in [0.25, 0.3) is 0 Å². The Bertz CT molecular complexity index is 1270. The smallest absolute Gasteiger partial charge is 0.306 e. The lowest BCUT2D eigenvalue weighted by Gasteiger charge is -2.28. The third-order valence-electron chi connectivity index (χ3n) is 11.2. The molecule has 0 aliphatic heterocycles. The molecule has 0 saturated carbocycles. The van der Waals surface area contributed by atoms with Crippen LogP contribution in [0.3, 0.4) is 0 Å². The van der Waals surface area contributed by atoms with Crippen LogP contribution in [0.4, 0.5) is 0 Å². The maximum atomic E-state index is 12.8. The second kappa shape index (κ2) is 48.4. The maximum Gasteiger partial charge on any atom is 0.306 e. The van der Waals surface area contributed by atoms with E-state index in [9.17, 15) is 14.3 Å². The fraction of sp³-hybridized carbons (Fsp3) is 0.768. The summed E-state index contributed by atoms with van der Waals surface area (Å²) in [4.78, 5) is 25.2. The van der Waals surface area contributed by atoms with Gasteiger partial charge in [-0.05, 0) is 83.5 Å². The minimum atomic E-state index is -4.54. The number of esters is 1. The van der Waals surface area contributed by atoms with E-state index in [0.29, 0.717) is 24.1 Å². The average Bonchev–Trinajstić information content (AvgIpc) is 3.27. The van der Waals surface area contributed by atoms with Gasteiger partial charge in [0.05, 0.1) is 34.4 Å². The van der Waals surface area contributed by atoms with Gasteiger partial charge in [-0.15, -0.1) is 0 Å². The van der Waals surface area contributed by atoms with Gasteiger partial charge in [-0.25, -0.2) is 0 Å². The highest BCUT2D eigenvalue weighted by molar-refractivity contribution is 7.45. The van der Waals surface area contributed by atoms with Crippen LogP contribution in [0.1, 0.15) is 219 Å². The summed E-state index contributed by atoms with van der Waals surface area (Å²) < 4.78 is 34.7. The molecule has 65 heavy (non-hydrogen) atoms. The van der Waals surface area contributed by atoms with Crippen molar-refractivity contribution in [3.8, 4) is 0 Å². The topological polar surface area (TPSA) is 94.1 Å². The largest absolute Gasteiger partial charge is 0.756 e. The number of ether oxygens (including phenoxy) is 2. The molecule has 0 aromatic heterocycles. The van der Waals surface area contributed by atoms with Crippen LogP contribution >= 0.6 is 7.82 Å². The van der Waals surface area contributed by atoms with E-state index in [2.05, 4.69) is 86.8 Å². The molecule has 0 spiro atoms. The molecule has 0 bridgehead atoms. The number of carbonyl (C=O) groups excluding carboxylic acids is 1. The van der Waals surface area contributed by atoms with Gasteiger partial charge in [0.15, 0.2) is 0 Å². The normalized spacial score (nSPS) is 14.1. The van der Waals surface area contributed by atoms with Crippen molar-refractivity contribution in [3.05, 3.63) is 72.9 Å². The molecule has 0 aromatic carbocycles. The van der Waals surface area contributed by atoms with Crippen molar-refractivity contribution in [2.24, 2.45) is 0 Å². The SMILES string of the molecule is CC/C=C\C/C=C\C/C=C\C/C=C\CCCCCCCOCC(COP(=O)([O-])OCC[N+](C)(C)C)OC(=O)CCCCCCCCCCCCCCC/C=C\C/C=C\CCCCCCC. The summed E-state index contributed by atoms with van der Waals surface area (Å²) in [5, 5.41) is 0. The number of hydrogen-bond acceptors (Lipinski definition) is 7. The summed E-state index contributed by atoms with van der Waals surface area (Å²) >= 11 is 0. The van der Waals surface area contributed by atoms with Crippen molar-refractivity contribution in [2.75, 3.05) is 54.1 Å². The van der Waals surface area contributed by atoms with E-state index in [1.807, 2.05) is 21.1 Å². The van der Waals surface area contributed by atoms with Gasteiger partial charge in [0, 0.05) is 13.0 Å². The van der Waals surface area contributed by atoms with Crippen LogP contribution < -0.4 is 4.89 Å². The molecule has 0 aliphatic carbocycles. The molecule has 0 aromatic rings. The fourth-order valence-electron chi connectivity index (χ4n) is 7.16. The van der Waals surface area contributed by atoms with E-state index in [4.69, 9.17) is 18.5 Å². The molecule has 0 aliphatic rings. The molecular formula is C56H102NO7P. The van der Waals surface area contributed by atoms with E-state index in [1.54, 1.807) is 0 Å². The van der Waals surface area contributed by atoms with Crippen molar-refractivity contribution in [2.45, 2.75) is 225 Å². The lowest BCUT2D eigenvalue weighted by molar-refractivity contribution is -0.870. The number of carbonyl (C=O) groups is 1. The van der Waals surface area contributed by atoms with Gasteiger partial charge >= 0.3 is 5.97 Å². The van der Waals surface area contributed by atoms with Crippen LogP contribution in [0, 0.1) is 0 Å². The number of phosphoric ester groups is 1. The number of allylic oxidation sites excluding steroid dienone is 12. The van der Waals surface area contributed by atoms with E-state index in [0.717, 1.165) is 77.0 Å². The summed E-state index contributed by atoms with van der Waals surface area (Å²) in [6, 6.07) is 0. The quantitative estimate of drug-likeness (QED) is 0.0197. The zero-order valence-corrected chi connectivity index (χ0v) is 43.8. The molecule has 0 N–H and O–H groups in total. The Morgan fingerprint density at radius 2 is 0.892 bits per heavy atom. The maximum absolute atomic E-state index is 12.8. The van der Waals surface area contributed by atoms with Crippen LogP contribution in [0.15, 0.2) is 72.9 Å². The Morgan fingerprint density at radius 1 is 0.492 bits per heavy atom. The predicted molar refractivity (Wildman–Crippen MR) is 277 cm³/mol. The zero-order valence-electron chi connectivity index (χ0n) is 42.9. The van der Waals surface area contributed by atoms with Crippen molar-refractivity contribution in [3.63, 3.8) is 0 Å². The Morgan fingerprint density at radius 3 is 1.34 bits per heavy atom. The molecule has 2 unspecified atom stereocenters. The van der Waals surface area contributed by atoms with Crippen molar-refractivity contribution in [1.82, 2.24) is 0 Å². The summed E-state index contributed by atoms with van der Waals surface area (Å²) in [7, 11) is 1.34. The highest BCUT2D eigenvalue weighted by Gasteiger charge is 2.20. The highest BCUT2D eigenvalue weighted by Crippen LogP contribution is 2.38. The van der Waals surface area contributed by atoms with E-state index < -0.39 is 13.9 Å². The van der Waals surface area contributed by atoms with Crippen LogP contribution in [-0.4, -0.2) is 70.7 Å². The van der Waals surface area contributed by atoms with E-state index in [1.165, 1.54) is 122 Å². The zero-order chi connectivity index (χ0) is 47.6. The van der Waals surface area contributed by atoms with Crippen molar-refractivity contribution >= 4 is 13.8 Å². The Hall–Kier alpha value is -2.06. The van der Waals surface area contributed by atoms with Gasteiger partial charge in [-0.1, -0.05) is 202 Å². The molecule has 9 heteroatoms. The molecular weight excluding hydrogens is 830 g/mol. The minimum Gasteiger partial charge on any atom is -0.756 e. The number of rotatable bonds is 49. The first-order valence-electron chi connectivity index (χ1n) is 26.7. The monoisotopic (exact) mass is 932 g/mol. The molecule has 378 valence electrons. The van der Waals surface area contributed by atoms with Gasteiger partial charge in [-0.3, -0.25) is 9.36 Å². The summed E-state index contributed by atoms with van der Waals surface area (Å²) in [5.74, 6) is -0.342. The van der Waals surface area contributed by atoms with Gasteiger partial charge in [0.25, 0.3) is 7.82 Å². The van der Waals surface area contributed by atoms with Gasteiger partial charge in [0.2, 0.25) is 0 Å². The number of likely N-dealkylation sites (N-methyl/N-ethyl adjacent to an activating group) is 1. The standard InChI is InChI=1S/C56H102NO7P/c1-6-8-10-12-14-16-18-20-22-24-26-27-28-29-30-31-32-33-35-37-39-41-43-45-47-49-56(58)64-55(54-63-65(59,60)62-52-50-57(3,4)5)53-61-51-48-46-44-42-40-38-36-34-25-23-21-19-17-15-13-11-9-7-2/h9,11,15,17-18,20-21,23-24,26,34,36,55H,6-8,10,12-14,16,19,22,25,27-33,35,37-54H2,1-5H3/b11-9-,17-15-,20-18-,23-21-,26-24-,36-34-. The first kappa shape index (κ1) is 62.9. The van der Waals surface area contributed by atoms with E-state index in [-0.39, 0.29) is 25.8 Å².